The molecular formula is C22H17ClN2O2S. The minimum atomic E-state index is -0.242. The number of pyridine rings is 1. The van der Waals surface area contributed by atoms with E-state index >= 15 is 0 Å². The highest BCUT2D eigenvalue weighted by atomic mass is 35.5. The fourth-order valence-corrected chi connectivity index (χ4v) is 4.03. The molecule has 140 valence electrons. The molecule has 0 unspecified atom stereocenters. The zero-order valence-electron chi connectivity index (χ0n) is 15.3. The molecule has 0 aliphatic rings. The minimum Gasteiger partial charge on any atom is -0.495 e. The summed E-state index contributed by atoms with van der Waals surface area (Å²) in [6.07, 6.45) is 0. The number of aromatic nitrogens is 1. The maximum absolute atomic E-state index is 13.2. The molecule has 6 heteroatoms. The van der Waals surface area contributed by atoms with Gasteiger partial charge in [-0.1, -0.05) is 29.8 Å². The summed E-state index contributed by atoms with van der Waals surface area (Å²) in [7, 11) is 1.55. The summed E-state index contributed by atoms with van der Waals surface area (Å²) in [5, 5.41) is 4.23. The molecule has 0 saturated heterocycles. The third-order valence-corrected chi connectivity index (χ3v) is 5.62. The van der Waals surface area contributed by atoms with Gasteiger partial charge in [0.15, 0.2) is 0 Å². The Morgan fingerprint density at radius 1 is 1.11 bits per heavy atom. The molecule has 0 fully saturated rings. The van der Waals surface area contributed by atoms with Crippen LogP contribution in [0.15, 0.2) is 60.7 Å². The molecule has 0 bridgehead atoms. The minimum absolute atomic E-state index is 0.242. The van der Waals surface area contributed by atoms with Gasteiger partial charge in [-0.25, -0.2) is 4.98 Å². The normalized spacial score (nSPS) is 10.8. The van der Waals surface area contributed by atoms with E-state index in [0.717, 1.165) is 21.5 Å². The van der Waals surface area contributed by atoms with Gasteiger partial charge in [-0.05, 0) is 49.4 Å². The van der Waals surface area contributed by atoms with Crippen LogP contribution in [0.1, 0.15) is 15.2 Å². The number of hydrogen-bond donors (Lipinski definition) is 1. The van der Waals surface area contributed by atoms with Gasteiger partial charge in [-0.3, -0.25) is 4.79 Å². The largest absolute Gasteiger partial charge is 0.495 e. The number of halogens is 1. The number of carbonyl (C=O) groups is 1. The molecule has 0 atom stereocenters. The van der Waals surface area contributed by atoms with Crippen LogP contribution in [0.25, 0.3) is 21.5 Å². The van der Waals surface area contributed by atoms with Crippen LogP contribution in [0.5, 0.6) is 5.75 Å². The van der Waals surface area contributed by atoms with Crippen molar-refractivity contribution in [2.75, 3.05) is 12.4 Å². The molecule has 4 aromatic rings. The average Bonchev–Trinajstić information content (AvgIpc) is 3.13. The number of methoxy groups -OCH3 is 1. The lowest BCUT2D eigenvalue weighted by Crippen LogP contribution is -2.13. The van der Waals surface area contributed by atoms with E-state index in [9.17, 15) is 4.79 Å². The van der Waals surface area contributed by atoms with E-state index in [-0.39, 0.29) is 5.91 Å². The standard InChI is InChI=1S/C22H17ClN2O2S/c1-13-7-10-21(28-13)19-12-16(15-5-3-4-6-17(15)24-19)22(26)25-18-11-14(23)8-9-20(18)27-2/h3-12H,1-2H3,(H,25,26). The van der Waals surface area contributed by atoms with Crippen molar-refractivity contribution in [1.29, 1.82) is 0 Å². The molecule has 28 heavy (non-hydrogen) atoms. The van der Waals surface area contributed by atoms with Crippen LogP contribution in [-0.4, -0.2) is 18.0 Å². The molecular weight excluding hydrogens is 392 g/mol. The van der Waals surface area contributed by atoms with Gasteiger partial charge in [0.05, 0.1) is 34.4 Å². The fraction of sp³-hybridized carbons (Fsp3) is 0.0909. The number of amides is 1. The van der Waals surface area contributed by atoms with Crippen LogP contribution in [-0.2, 0) is 0 Å². The predicted octanol–water partition coefficient (Wildman–Crippen LogP) is 6.19. The van der Waals surface area contributed by atoms with Crippen LogP contribution in [0.2, 0.25) is 5.02 Å². The molecule has 4 nitrogen and oxygen atoms in total. The first-order chi connectivity index (χ1) is 13.5. The summed E-state index contributed by atoms with van der Waals surface area (Å²) < 4.78 is 5.34. The number of rotatable bonds is 4. The monoisotopic (exact) mass is 408 g/mol. The first-order valence-corrected chi connectivity index (χ1v) is 9.86. The van der Waals surface area contributed by atoms with Gasteiger partial charge in [0.2, 0.25) is 0 Å². The zero-order chi connectivity index (χ0) is 19.7. The van der Waals surface area contributed by atoms with Crippen molar-refractivity contribution in [3.05, 3.63) is 76.1 Å². The highest BCUT2D eigenvalue weighted by molar-refractivity contribution is 7.15. The summed E-state index contributed by atoms with van der Waals surface area (Å²) in [5.74, 6) is 0.305. The molecule has 2 aromatic heterocycles. The summed E-state index contributed by atoms with van der Waals surface area (Å²) in [6.45, 7) is 2.05. The number of fused-ring (bicyclic) bond motifs is 1. The van der Waals surface area contributed by atoms with E-state index in [1.54, 1.807) is 36.6 Å². The zero-order valence-corrected chi connectivity index (χ0v) is 16.9. The smallest absolute Gasteiger partial charge is 0.256 e. The number of hydrogen-bond acceptors (Lipinski definition) is 4. The number of para-hydroxylation sites is 1. The number of carbonyl (C=O) groups excluding carboxylic acids is 1. The first-order valence-electron chi connectivity index (χ1n) is 8.66. The second kappa shape index (κ2) is 7.62. The van der Waals surface area contributed by atoms with E-state index < -0.39 is 0 Å². The molecule has 0 aliphatic heterocycles. The molecule has 2 heterocycles. The lowest BCUT2D eigenvalue weighted by atomic mass is 10.1. The summed E-state index contributed by atoms with van der Waals surface area (Å²) in [5.41, 5.74) is 2.62. The number of benzene rings is 2. The van der Waals surface area contributed by atoms with Gasteiger partial charge >= 0.3 is 0 Å². The van der Waals surface area contributed by atoms with Gasteiger partial charge in [-0.2, -0.15) is 0 Å². The molecule has 4 rings (SSSR count). The van der Waals surface area contributed by atoms with E-state index in [0.29, 0.717) is 22.0 Å². The Balaban J connectivity index is 1.81. The number of aryl methyl sites for hydroxylation is 1. The van der Waals surface area contributed by atoms with E-state index in [1.165, 1.54) is 4.88 Å². The van der Waals surface area contributed by atoms with Crippen molar-refractivity contribution >= 4 is 45.4 Å². The maximum Gasteiger partial charge on any atom is 0.256 e. The number of thiophene rings is 1. The number of nitrogens with one attached hydrogen (secondary N) is 1. The van der Waals surface area contributed by atoms with Crippen LogP contribution >= 0.6 is 22.9 Å². The van der Waals surface area contributed by atoms with Crippen molar-refractivity contribution in [2.45, 2.75) is 6.92 Å². The third kappa shape index (κ3) is 3.59. The Bertz CT molecular complexity index is 1190. The summed E-state index contributed by atoms with van der Waals surface area (Å²) >= 11 is 7.74. The first kappa shape index (κ1) is 18.5. The van der Waals surface area contributed by atoms with Crippen LogP contribution < -0.4 is 10.1 Å². The topological polar surface area (TPSA) is 51.2 Å². The van der Waals surface area contributed by atoms with Crippen molar-refractivity contribution in [3.8, 4) is 16.3 Å². The maximum atomic E-state index is 13.2. The second-order valence-electron chi connectivity index (χ2n) is 6.28. The highest BCUT2D eigenvalue weighted by Crippen LogP contribution is 2.32. The van der Waals surface area contributed by atoms with Crippen molar-refractivity contribution < 1.29 is 9.53 Å². The number of nitrogens with zero attached hydrogens (tertiary/aromatic N) is 1. The van der Waals surface area contributed by atoms with Crippen LogP contribution in [0.3, 0.4) is 0 Å². The Morgan fingerprint density at radius 3 is 2.68 bits per heavy atom. The quantitative estimate of drug-likeness (QED) is 0.438. The SMILES string of the molecule is COc1ccc(Cl)cc1NC(=O)c1cc(-c2ccc(C)s2)nc2ccccc12. The number of anilines is 1. The summed E-state index contributed by atoms with van der Waals surface area (Å²) in [6, 6.07) is 18.6. The second-order valence-corrected chi connectivity index (χ2v) is 8.01. The Kier molecular flexibility index (Phi) is 5.03. The highest BCUT2D eigenvalue weighted by Gasteiger charge is 2.16. The lowest BCUT2D eigenvalue weighted by molar-refractivity contribution is 0.102. The average molecular weight is 409 g/mol. The van der Waals surface area contributed by atoms with Gasteiger partial charge in [-0.15, -0.1) is 11.3 Å². The fourth-order valence-electron chi connectivity index (χ4n) is 3.03. The van der Waals surface area contributed by atoms with E-state index in [2.05, 4.69) is 5.32 Å². The third-order valence-electron chi connectivity index (χ3n) is 4.36. The lowest BCUT2D eigenvalue weighted by Gasteiger charge is -2.12. The van der Waals surface area contributed by atoms with Gasteiger partial charge in [0.25, 0.3) is 5.91 Å². The molecule has 1 amide bonds. The van der Waals surface area contributed by atoms with Crippen molar-refractivity contribution in [3.63, 3.8) is 0 Å². The van der Waals surface area contributed by atoms with Gasteiger partial charge in [0.1, 0.15) is 5.75 Å². The Morgan fingerprint density at radius 2 is 1.93 bits per heavy atom. The molecule has 0 saturated carbocycles. The molecule has 0 spiro atoms. The predicted molar refractivity (Wildman–Crippen MR) is 116 cm³/mol. The van der Waals surface area contributed by atoms with E-state index in [1.807, 2.05) is 49.4 Å². The van der Waals surface area contributed by atoms with Crippen molar-refractivity contribution in [2.24, 2.45) is 0 Å². The van der Waals surface area contributed by atoms with Crippen molar-refractivity contribution in [1.82, 2.24) is 4.98 Å². The van der Waals surface area contributed by atoms with Gasteiger partial charge < -0.3 is 10.1 Å². The summed E-state index contributed by atoms with van der Waals surface area (Å²) in [4.78, 5) is 20.1. The molecule has 0 aliphatic carbocycles. The molecule has 1 N–H and O–H groups in total. The molecule has 0 radical (unpaired) electrons. The van der Waals surface area contributed by atoms with Crippen LogP contribution in [0, 0.1) is 6.92 Å². The Labute approximate surface area is 171 Å². The Hall–Kier alpha value is -2.89. The van der Waals surface area contributed by atoms with Gasteiger partial charge in [0, 0.05) is 15.3 Å². The number of ether oxygens (including phenoxy) is 1. The van der Waals surface area contributed by atoms with Crippen LogP contribution in [0.4, 0.5) is 5.69 Å². The van der Waals surface area contributed by atoms with E-state index in [4.69, 9.17) is 21.3 Å². The molecule has 2 aromatic carbocycles.